The zero-order valence-electron chi connectivity index (χ0n) is 13.6. The molecule has 0 amide bonds. The molecule has 0 aromatic heterocycles. The van der Waals surface area contributed by atoms with Gasteiger partial charge in [-0.1, -0.05) is 38.5 Å². The first-order valence-corrected chi connectivity index (χ1v) is 9.48. The number of rotatable bonds is 12. The van der Waals surface area contributed by atoms with Gasteiger partial charge in [-0.2, -0.15) is 5.26 Å². The predicted molar refractivity (Wildman–Crippen MR) is 95.5 cm³/mol. The summed E-state index contributed by atoms with van der Waals surface area (Å²) >= 11 is 1.65. The second kappa shape index (κ2) is 12.2. The summed E-state index contributed by atoms with van der Waals surface area (Å²) < 4.78 is 0. The fraction of sp³-hybridized carbons (Fsp3) is 0.611. The van der Waals surface area contributed by atoms with Crippen LogP contribution in [0.2, 0.25) is 0 Å². The topological polar surface area (TPSA) is 56.0 Å². The normalized spacial score (nSPS) is 10.4. The van der Waals surface area contributed by atoms with Crippen LogP contribution in [0.15, 0.2) is 23.1 Å². The molecule has 0 atom stereocenters. The minimum Gasteiger partial charge on any atom is -0.508 e. The predicted octanol–water partition coefficient (Wildman–Crippen LogP) is 5.56. The molecule has 1 aromatic rings. The van der Waals surface area contributed by atoms with E-state index < -0.39 is 0 Å². The highest BCUT2D eigenvalue weighted by atomic mass is 32.2. The Hall–Kier alpha value is -1.34. The Morgan fingerprint density at radius 3 is 2.32 bits per heavy atom. The van der Waals surface area contributed by atoms with Gasteiger partial charge >= 0.3 is 0 Å². The van der Waals surface area contributed by atoms with E-state index in [-0.39, 0.29) is 0 Å². The average Bonchev–Trinajstić information content (AvgIpc) is 2.53. The van der Waals surface area contributed by atoms with Gasteiger partial charge in [0, 0.05) is 23.5 Å². The highest BCUT2D eigenvalue weighted by Crippen LogP contribution is 2.29. The second-order valence-electron chi connectivity index (χ2n) is 5.55. The van der Waals surface area contributed by atoms with Crippen molar-refractivity contribution in [2.24, 2.45) is 0 Å². The third-order valence-electron chi connectivity index (χ3n) is 3.72. The number of thioether (sulfide) groups is 1. The number of phenolic OH excluding ortho intramolecular Hbond substituents is 1. The molecule has 0 fully saturated rings. The van der Waals surface area contributed by atoms with Gasteiger partial charge in [-0.15, -0.1) is 11.8 Å². The monoisotopic (exact) mass is 320 g/mol. The smallest absolute Gasteiger partial charge is 0.116 e. The van der Waals surface area contributed by atoms with Crippen molar-refractivity contribution in [1.29, 1.82) is 5.26 Å². The number of unbranched alkanes of at least 4 members (excludes halogenated alkanes) is 8. The molecule has 0 radical (unpaired) electrons. The van der Waals surface area contributed by atoms with Crippen molar-refractivity contribution < 1.29 is 5.11 Å². The lowest BCUT2D eigenvalue weighted by molar-refractivity contribution is 0.474. The SMILES string of the molecule is CSc1cc(O)ccc1NCCCCCCCCCCC#N. The first-order valence-electron chi connectivity index (χ1n) is 8.25. The molecule has 0 spiro atoms. The number of nitrogens with one attached hydrogen (secondary N) is 1. The molecule has 2 N–H and O–H groups in total. The largest absolute Gasteiger partial charge is 0.508 e. The molecule has 0 bridgehead atoms. The summed E-state index contributed by atoms with van der Waals surface area (Å²) in [5.74, 6) is 0.324. The van der Waals surface area contributed by atoms with Crippen LogP contribution < -0.4 is 5.32 Å². The summed E-state index contributed by atoms with van der Waals surface area (Å²) in [5.41, 5.74) is 1.11. The Morgan fingerprint density at radius 1 is 1.05 bits per heavy atom. The lowest BCUT2D eigenvalue weighted by Gasteiger charge is -2.10. The minimum absolute atomic E-state index is 0.324. The zero-order chi connectivity index (χ0) is 16.0. The number of hydrogen-bond acceptors (Lipinski definition) is 4. The average molecular weight is 321 g/mol. The van der Waals surface area contributed by atoms with E-state index in [2.05, 4.69) is 11.4 Å². The molecule has 0 aliphatic carbocycles. The third-order valence-corrected chi connectivity index (χ3v) is 4.49. The summed E-state index contributed by atoms with van der Waals surface area (Å²) in [6, 6.07) is 7.68. The van der Waals surface area contributed by atoms with Crippen molar-refractivity contribution in [3.63, 3.8) is 0 Å². The Labute approximate surface area is 139 Å². The number of aromatic hydroxyl groups is 1. The second-order valence-corrected chi connectivity index (χ2v) is 6.40. The number of anilines is 1. The van der Waals surface area contributed by atoms with E-state index in [0.29, 0.717) is 12.2 Å². The van der Waals surface area contributed by atoms with Crippen LogP contribution in [0.3, 0.4) is 0 Å². The summed E-state index contributed by atoms with van der Waals surface area (Å²) in [5, 5.41) is 21.4. The van der Waals surface area contributed by atoms with Crippen LogP contribution in [-0.2, 0) is 0 Å². The van der Waals surface area contributed by atoms with Crippen molar-refractivity contribution in [2.75, 3.05) is 18.1 Å². The van der Waals surface area contributed by atoms with Crippen molar-refractivity contribution in [3.05, 3.63) is 18.2 Å². The number of benzene rings is 1. The zero-order valence-corrected chi connectivity index (χ0v) is 14.4. The van der Waals surface area contributed by atoms with Gasteiger partial charge in [0.05, 0.1) is 6.07 Å². The van der Waals surface area contributed by atoms with E-state index in [1.807, 2.05) is 12.3 Å². The molecule has 0 unspecified atom stereocenters. The van der Waals surface area contributed by atoms with Crippen molar-refractivity contribution >= 4 is 17.4 Å². The van der Waals surface area contributed by atoms with Crippen LogP contribution in [0.5, 0.6) is 5.75 Å². The highest BCUT2D eigenvalue weighted by molar-refractivity contribution is 7.98. The maximum absolute atomic E-state index is 9.47. The molecule has 1 rings (SSSR count). The molecular weight excluding hydrogens is 292 g/mol. The first kappa shape index (κ1) is 18.7. The Morgan fingerprint density at radius 2 is 1.68 bits per heavy atom. The third kappa shape index (κ3) is 8.19. The molecule has 0 aliphatic heterocycles. The van der Waals surface area contributed by atoms with E-state index in [1.54, 1.807) is 23.9 Å². The molecule has 1 aromatic carbocycles. The van der Waals surface area contributed by atoms with Gasteiger partial charge in [-0.25, -0.2) is 0 Å². The summed E-state index contributed by atoms with van der Waals surface area (Å²) in [6.07, 6.45) is 12.6. The molecule has 122 valence electrons. The fourth-order valence-electron chi connectivity index (χ4n) is 2.44. The van der Waals surface area contributed by atoms with E-state index in [0.717, 1.165) is 23.5 Å². The molecule has 4 heteroatoms. The van der Waals surface area contributed by atoms with Gasteiger partial charge < -0.3 is 10.4 Å². The standard InChI is InChI=1S/C18H28N2OS/c1-22-18-15-16(21)11-12-17(18)20-14-10-8-6-4-2-3-5-7-9-13-19/h11-12,15,20-21H,2-10,14H2,1H3. The van der Waals surface area contributed by atoms with E-state index in [9.17, 15) is 5.11 Å². The number of nitrogens with zero attached hydrogens (tertiary/aromatic N) is 1. The molecule has 3 nitrogen and oxygen atoms in total. The van der Waals surface area contributed by atoms with Gasteiger partial charge in [0.2, 0.25) is 0 Å². The van der Waals surface area contributed by atoms with Gasteiger partial charge in [-0.05, 0) is 37.3 Å². The number of hydrogen-bond donors (Lipinski definition) is 2. The van der Waals surface area contributed by atoms with Gasteiger partial charge in [-0.3, -0.25) is 0 Å². The van der Waals surface area contributed by atoms with E-state index in [4.69, 9.17) is 5.26 Å². The van der Waals surface area contributed by atoms with Crippen LogP contribution >= 0.6 is 11.8 Å². The minimum atomic E-state index is 0.324. The first-order chi connectivity index (χ1) is 10.8. The van der Waals surface area contributed by atoms with Gasteiger partial charge in [0.25, 0.3) is 0 Å². The molecule has 0 aliphatic rings. The number of nitriles is 1. The fourth-order valence-corrected chi connectivity index (χ4v) is 3.04. The summed E-state index contributed by atoms with van der Waals surface area (Å²) in [7, 11) is 0. The molecule has 22 heavy (non-hydrogen) atoms. The highest BCUT2D eigenvalue weighted by Gasteiger charge is 2.02. The van der Waals surface area contributed by atoms with Crippen LogP contribution in [0.4, 0.5) is 5.69 Å². The van der Waals surface area contributed by atoms with Gasteiger partial charge in [0.15, 0.2) is 0 Å². The molecule has 0 saturated carbocycles. The molecular formula is C18H28N2OS. The van der Waals surface area contributed by atoms with Gasteiger partial charge in [0.1, 0.15) is 5.75 Å². The van der Waals surface area contributed by atoms with Crippen LogP contribution in [-0.4, -0.2) is 17.9 Å². The van der Waals surface area contributed by atoms with Crippen molar-refractivity contribution in [2.45, 2.75) is 62.7 Å². The van der Waals surface area contributed by atoms with Crippen LogP contribution in [0.1, 0.15) is 57.8 Å². The maximum Gasteiger partial charge on any atom is 0.116 e. The molecule has 0 saturated heterocycles. The Balaban J connectivity index is 2.01. The summed E-state index contributed by atoms with van der Waals surface area (Å²) in [6.45, 7) is 0.987. The van der Waals surface area contributed by atoms with Crippen LogP contribution in [0.25, 0.3) is 0 Å². The van der Waals surface area contributed by atoms with Crippen molar-refractivity contribution in [3.8, 4) is 11.8 Å². The van der Waals surface area contributed by atoms with Crippen molar-refractivity contribution in [1.82, 2.24) is 0 Å². The lowest BCUT2D eigenvalue weighted by atomic mass is 10.1. The quantitative estimate of drug-likeness (QED) is 0.301. The maximum atomic E-state index is 9.47. The van der Waals surface area contributed by atoms with Crippen LogP contribution in [0, 0.1) is 11.3 Å². The summed E-state index contributed by atoms with van der Waals surface area (Å²) in [4.78, 5) is 1.09. The van der Waals surface area contributed by atoms with E-state index in [1.165, 1.54) is 44.9 Å². The number of phenols is 1. The molecule has 0 heterocycles. The van der Waals surface area contributed by atoms with E-state index >= 15 is 0 Å². The lowest BCUT2D eigenvalue weighted by Crippen LogP contribution is -2.02. The Kier molecular flexibility index (Phi) is 10.4. The Bertz CT molecular complexity index is 457.